The van der Waals surface area contributed by atoms with Crippen LogP contribution in [0, 0.1) is 3.57 Å². The molecule has 0 bridgehead atoms. The molecule has 23 heavy (non-hydrogen) atoms. The van der Waals surface area contributed by atoms with Crippen LogP contribution in [0.2, 0.25) is 5.02 Å². The van der Waals surface area contributed by atoms with Crippen molar-refractivity contribution in [3.8, 4) is 0 Å². The predicted molar refractivity (Wildman–Crippen MR) is 97.7 cm³/mol. The maximum atomic E-state index is 12.4. The van der Waals surface area contributed by atoms with Crippen molar-refractivity contribution in [2.24, 2.45) is 0 Å². The third kappa shape index (κ3) is 3.56. The summed E-state index contributed by atoms with van der Waals surface area (Å²) < 4.78 is 1.01. The smallest absolute Gasteiger partial charge is 0.303 e. The Balaban J connectivity index is 1.82. The Kier molecular flexibility index (Phi) is 4.68. The van der Waals surface area contributed by atoms with Crippen LogP contribution < -0.4 is 5.32 Å². The highest BCUT2D eigenvalue weighted by Crippen LogP contribution is 2.20. The summed E-state index contributed by atoms with van der Waals surface area (Å²) >= 11 is 8.04. The summed E-state index contributed by atoms with van der Waals surface area (Å²) in [5.74, 6) is -0.329. The second kappa shape index (κ2) is 6.72. The number of urea groups is 1. The van der Waals surface area contributed by atoms with E-state index in [1.807, 2.05) is 24.3 Å². The highest BCUT2D eigenvalue weighted by atomic mass is 127. The van der Waals surface area contributed by atoms with Crippen LogP contribution in [0.25, 0.3) is 6.08 Å². The van der Waals surface area contributed by atoms with Gasteiger partial charge in [-0.3, -0.25) is 9.69 Å². The molecule has 0 aliphatic carbocycles. The number of amides is 3. The first-order chi connectivity index (χ1) is 11.0. The van der Waals surface area contributed by atoms with Gasteiger partial charge in [0.05, 0.1) is 6.54 Å². The van der Waals surface area contributed by atoms with Crippen LogP contribution in [-0.4, -0.2) is 16.8 Å². The highest BCUT2D eigenvalue weighted by molar-refractivity contribution is 14.1. The molecule has 2 aromatic rings. The molecule has 0 radical (unpaired) electrons. The lowest BCUT2D eigenvalue weighted by Crippen LogP contribution is -2.30. The van der Waals surface area contributed by atoms with Crippen molar-refractivity contribution >= 4 is 52.2 Å². The van der Waals surface area contributed by atoms with Crippen LogP contribution in [0.3, 0.4) is 0 Å². The van der Waals surface area contributed by atoms with Gasteiger partial charge >= 0.3 is 6.03 Å². The van der Waals surface area contributed by atoms with Gasteiger partial charge in [0.1, 0.15) is 5.70 Å². The Hall–Kier alpha value is -1.86. The third-order valence-corrected chi connectivity index (χ3v) is 4.66. The van der Waals surface area contributed by atoms with Crippen molar-refractivity contribution < 1.29 is 9.59 Å². The molecule has 1 fully saturated rings. The zero-order valence-corrected chi connectivity index (χ0v) is 14.8. The highest BCUT2D eigenvalue weighted by Gasteiger charge is 2.33. The van der Waals surface area contributed by atoms with E-state index < -0.39 is 6.03 Å². The van der Waals surface area contributed by atoms with Gasteiger partial charge in [0.25, 0.3) is 5.91 Å². The van der Waals surface area contributed by atoms with E-state index in [9.17, 15) is 9.59 Å². The minimum absolute atomic E-state index is 0.213. The van der Waals surface area contributed by atoms with Gasteiger partial charge in [0, 0.05) is 8.59 Å². The molecule has 0 atom stereocenters. The molecular weight excluding hydrogens is 427 g/mol. The molecule has 4 nitrogen and oxygen atoms in total. The Labute approximate surface area is 152 Å². The average Bonchev–Trinajstić information content (AvgIpc) is 2.79. The van der Waals surface area contributed by atoms with Gasteiger partial charge in [-0.2, -0.15) is 0 Å². The van der Waals surface area contributed by atoms with Crippen LogP contribution in [-0.2, 0) is 11.3 Å². The number of hydrogen-bond acceptors (Lipinski definition) is 2. The Bertz CT molecular complexity index is 802. The van der Waals surface area contributed by atoms with E-state index in [1.165, 1.54) is 4.90 Å². The first kappa shape index (κ1) is 16.0. The van der Waals surface area contributed by atoms with E-state index in [-0.39, 0.29) is 18.1 Å². The molecule has 6 heteroatoms. The number of benzene rings is 2. The van der Waals surface area contributed by atoms with Crippen molar-refractivity contribution in [3.05, 3.63) is 73.9 Å². The number of carbonyl (C=O) groups excluding carboxylic acids is 2. The SMILES string of the molecule is O=C1NC(=Cc2ccccc2I)C(=O)N1Cc1ccc(Cl)cc1. The number of nitrogens with zero attached hydrogens (tertiary/aromatic N) is 1. The first-order valence-corrected chi connectivity index (χ1v) is 8.34. The summed E-state index contributed by atoms with van der Waals surface area (Å²) in [5.41, 5.74) is 2.02. The lowest BCUT2D eigenvalue weighted by Gasteiger charge is -2.11. The monoisotopic (exact) mass is 438 g/mol. The van der Waals surface area contributed by atoms with Gasteiger partial charge < -0.3 is 5.32 Å². The lowest BCUT2D eigenvalue weighted by atomic mass is 10.2. The molecule has 0 spiro atoms. The lowest BCUT2D eigenvalue weighted by molar-refractivity contribution is -0.123. The molecule has 1 heterocycles. The first-order valence-electron chi connectivity index (χ1n) is 6.88. The molecule has 0 saturated carbocycles. The third-order valence-electron chi connectivity index (χ3n) is 3.42. The van der Waals surface area contributed by atoms with E-state index in [4.69, 9.17) is 11.6 Å². The molecular formula is C17H12ClIN2O2. The number of carbonyl (C=O) groups is 2. The maximum absolute atomic E-state index is 12.4. The molecule has 2 aromatic carbocycles. The summed E-state index contributed by atoms with van der Waals surface area (Å²) in [6.45, 7) is 0.213. The van der Waals surface area contributed by atoms with Gasteiger partial charge in [-0.25, -0.2) is 4.79 Å². The van der Waals surface area contributed by atoms with Crippen molar-refractivity contribution in [2.45, 2.75) is 6.54 Å². The zero-order chi connectivity index (χ0) is 16.4. The van der Waals surface area contributed by atoms with E-state index in [1.54, 1.807) is 30.3 Å². The number of halogens is 2. The van der Waals surface area contributed by atoms with Gasteiger partial charge in [-0.15, -0.1) is 0 Å². The molecule has 0 unspecified atom stereocenters. The fourth-order valence-corrected chi connectivity index (χ4v) is 2.90. The minimum atomic E-state index is -0.415. The Morgan fingerprint density at radius 2 is 1.78 bits per heavy atom. The fourth-order valence-electron chi connectivity index (χ4n) is 2.24. The van der Waals surface area contributed by atoms with Gasteiger partial charge in [-0.1, -0.05) is 41.9 Å². The number of nitrogens with one attached hydrogen (secondary N) is 1. The molecule has 1 aliphatic heterocycles. The standard InChI is InChI=1S/C17H12ClIN2O2/c18-13-7-5-11(6-8-13)10-21-16(22)15(20-17(21)23)9-12-3-1-2-4-14(12)19/h1-9H,10H2,(H,20,23). The van der Waals surface area contributed by atoms with Crippen LogP contribution in [0.5, 0.6) is 0 Å². The van der Waals surface area contributed by atoms with E-state index in [2.05, 4.69) is 27.9 Å². The average molecular weight is 439 g/mol. The predicted octanol–water partition coefficient (Wildman–Crippen LogP) is 4.04. The molecule has 3 rings (SSSR count). The van der Waals surface area contributed by atoms with Crippen LogP contribution in [0.15, 0.2) is 54.2 Å². The van der Waals surface area contributed by atoms with E-state index in [0.717, 1.165) is 14.7 Å². The van der Waals surface area contributed by atoms with E-state index in [0.29, 0.717) is 5.02 Å². The summed E-state index contributed by atoms with van der Waals surface area (Å²) in [5, 5.41) is 3.25. The molecule has 1 N–H and O–H groups in total. The largest absolute Gasteiger partial charge is 0.329 e. The quantitative estimate of drug-likeness (QED) is 0.447. The fraction of sp³-hybridized carbons (Fsp3) is 0.0588. The Morgan fingerprint density at radius 1 is 1.09 bits per heavy atom. The summed E-state index contributed by atoms with van der Waals surface area (Å²) in [6.07, 6.45) is 1.70. The van der Waals surface area contributed by atoms with Crippen molar-refractivity contribution in [1.29, 1.82) is 0 Å². The number of hydrogen-bond donors (Lipinski definition) is 1. The van der Waals surface area contributed by atoms with Crippen molar-refractivity contribution in [1.82, 2.24) is 10.2 Å². The van der Waals surface area contributed by atoms with Crippen molar-refractivity contribution in [2.75, 3.05) is 0 Å². The normalized spacial score (nSPS) is 16.1. The number of rotatable bonds is 3. The minimum Gasteiger partial charge on any atom is -0.303 e. The Morgan fingerprint density at radius 3 is 2.48 bits per heavy atom. The molecule has 0 aromatic heterocycles. The van der Waals surface area contributed by atoms with Crippen LogP contribution in [0.1, 0.15) is 11.1 Å². The molecule has 1 aliphatic rings. The number of imide groups is 1. The van der Waals surface area contributed by atoms with Crippen LogP contribution in [0.4, 0.5) is 4.79 Å². The van der Waals surface area contributed by atoms with Gasteiger partial charge in [-0.05, 0) is 58.0 Å². The zero-order valence-electron chi connectivity index (χ0n) is 11.9. The van der Waals surface area contributed by atoms with Crippen LogP contribution >= 0.6 is 34.2 Å². The summed E-state index contributed by atoms with van der Waals surface area (Å²) in [6, 6.07) is 14.3. The topological polar surface area (TPSA) is 49.4 Å². The van der Waals surface area contributed by atoms with Gasteiger partial charge in [0.15, 0.2) is 0 Å². The molecule has 3 amide bonds. The van der Waals surface area contributed by atoms with Gasteiger partial charge in [0.2, 0.25) is 0 Å². The van der Waals surface area contributed by atoms with Crippen molar-refractivity contribution in [3.63, 3.8) is 0 Å². The molecule has 116 valence electrons. The maximum Gasteiger partial charge on any atom is 0.329 e. The second-order valence-corrected chi connectivity index (χ2v) is 6.63. The summed E-state index contributed by atoms with van der Waals surface area (Å²) in [4.78, 5) is 25.7. The van der Waals surface area contributed by atoms with E-state index >= 15 is 0 Å². The summed E-state index contributed by atoms with van der Waals surface area (Å²) in [7, 11) is 0. The second-order valence-electron chi connectivity index (χ2n) is 5.03. The molecule has 1 saturated heterocycles.